The van der Waals surface area contributed by atoms with Gasteiger partial charge in [0.15, 0.2) is 22.9 Å². The first-order valence-corrected chi connectivity index (χ1v) is 6.75. The Balaban J connectivity index is 2.48. The minimum Gasteiger partial charge on any atom is -0.493 e. The molecule has 0 spiro atoms. The summed E-state index contributed by atoms with van der Waals surface area (Å²) in [6.07, 6.45) is 2.97. The van der Waals surface area contributed by atoms with Crippen LogP contribution >= 0.6 is 0 Å². The zero-order chi connectivity index (χ0) is 16.6. The SMILES string of the molecule is COc1ccc(-c2ccncn2)c2c(C(N)=O)c(C(C)=O)oc12. The second-order valence-corrected chi connectivity index (χ2v) is 4.84. The van der Waals surface area contributed by atoms with E-state index in [4.69, 9.17) is 14.9 Å². The van der Waals surface area contributed by atoms with Crippen LogP contribution in [0.1, 0.15) is 27.8 Å². The summed E-state index contributed by atoms with van der Waals surface area (Å²) in [5.41, 5.74) is 6.96. The Morgan fingerprint density at radius 3 is 2.61 bits per heavy atom. The summed E-state index contributed by atoms with van der Waals surface area (Å²) in [4.78, 5) is 31.8. The van der Waals surface area contributed by atoms with E-state index in [1.54, 1.807) is 24.4 Å². The van der Waals surface area contributed by atoms with E-state index in [1.807, 2.05) is 0 Å². The summed E-state index contributed by atoms with van der Waals surface area (Å²) in [6, 6.07) is 5.10. The molecule has 116 valence electrons. The van der Waals surface area contributed by atoms with Crippen molar-refractivity contribution in [3.63, 3.8) is 0 Å². The number of ether oxygens (including phenoxy) is 1. The van der Waals surface area contributed by atoms with Gasteiger partial charge in [0.1, 0.15) is 6.33 Å². The maximum atomic E-state index is 11.9. The van der Waals surface area contributed by atoms with Crippen molar-refractivity contribution in [2.45, 2.75) is 6.92 Å². The van der Waals surface area contributed by atoms with Crippen LogP contribution in [0.4, 0.5) is 0 Å². The van der Waals surface area contributed by atoms with Crippen LogP contribution in [0.15, 0.2) is 35.1 Å². The van der Waals surface area contributed by atoms with Gasteiger partial charge in [-0.3, -0.25) is 9.59 Å². The number of ketones is 1. The zero-order valence-corrected chi connectivity index (χ0v) is 12.5. The first-order chi connectivity index (χ1) is 11.0. The maximum Gasteiger partial charge on any atom is 0.253 e. The van der Waals surface area contributed by atoms with E-state index >= 15 is 0 Å². The summed E-state index contributed by atoms with van der Waals surface area (Å²) in [7, 11) is 1.47. The molecule has 0 saturated heterocycles. The van der Waals surface area contributed by atoms with Crippen LogP contribution in [-0.4, -0.2) is 28.8 Å². The van der Waals surface area contributed by atoms with Crippen molar-refractivity contribution in [2.75, 3.05) is 7.11 Å². The number of carbonyl (C=O) groups is 2. The molecular formula is C16H13N3O4. The Kier molecular flexibility index (Phi) is 3.53. The molecule has 2 aromatic heterocycles. The number of Topliss-reactive ketones (excluding diaryl/α,β-unsaturated/α-hetero) is 1. The van der Waals surface area contributed by atoms with E-state index in [9.17, 15) is 9.59 Å². The zero-order valence-electron chi connectivity index (χ0n) is 12.5. The fourth-order valence-corrected chi connectivity index (χ4v) is 2.49. The maximum absolute atomic E-state index is 11.9. The van der Waals surface area contributed by atoms with Crippen molar-refractivity contribution in [1.82, 2.24) is 9.97 Å². The molecule has 0 aliphatic heterocycles. The number of primary amides is 1. The number of aromatic nitrogens is 2. The van der Waals surface area contributed by atoms with Gasteiger partial charge in [0.2, 0.25) is 0 Å². The predicted octanol–water partition coefficient (Wildman–Crippen LogP) is 2.20. The van der Waals surface area contributed by atoms with Crippen molar-refractivity contribution >= 4 is 22.7 Å². The van der Waals surface area contributed by atoms with Crippen molar-refractivity contribution in [3.8, 4) is 17.0 Å². The largest absolute Gasteiger partial charge is 0.493 e. The molecule has 0 fully saturated rings. The monoisotopic (exact) mass is 311 g/mol. The van der Waals surface area contributed by atoms with E-state index < -0.39 is 11.7 Å². The summed E-state index contributed by atoms with van der Waals surface area (Å²) >= 11 is 0. The normalized spacial score (nSPS) is 10.7. The van der Waals surface area contributed by atoms with Gasteiger partial charge in [-0.05, 0) is 18.2 Å². The fourth-order valence-electron chi connectivity index (χ4n) is 2.49. The van der Waals surface area contributed by atoms with E-state index in [1.165, 1.54) is 20.4 Å². The molecule has 1 amide bonds. The molecular weight excluding hydrogens is 298 g/mol. The van der Waals surface area contributed by atoms with E-state index in [2.05, 4.69) is 9.97 Å². The molecule has 2 heterocycles. The van der Waals surface area contributed by atoms with Gasteiger partial charge in [-0.1, -0.05) is 0 Å². The number of amides is 1. The number of nitrogens with zero attached hydrogens (tertiary/aromatic N) is 2. The first kappa shape index (κ1) is 14.7. The highest BCUT2D eigenvalue weighted by Crippen LogP contribution is 2.39. The quantitative estimate of drug-likeness (QED) is 0.740. The Labute approximate surface area is 131 Å². The number of benzene rings is 1. The third-order valence-electron chi connectivity index (χ3n) is 3.45. The molecule has 0 aliphatic carbocycles. The van der Waals surface area contributed by atoms with Crippen LogP contribution in [0.2, 0.25) is 0 Å². The van der Waals surface area contributed by atoms with E-state index in [-0.39, 0.29) is 16.9 Å². The van der Waals surface area contributed by atoms with Crippen LogP contribution in [-0.2, 0) is 0 Å². The molecule has 0 unspecified atom stereocenters. The molecule has 0 saturated carbocycles. The smallest absolute Gasteiger partial charge is 0.253 e. The lowest BCUT2D eigenvalue weighted by molar-refractivity contribution is 0.0958. The standard InChI is InChI=1S/C16H13N3O4/c1-8(20)14-13(16(17)21)12-9(10-5-6-18-7-19-10)3-4-11(22-2)15(12)23-14/h3-7H,1-2H3,(H2,17,21). The van der Waals surface area contributed by atoms with Gasteiger partial charge in [0.05, 0.1) is 18.4 Å². The number of rotatable bonds is 4. The molecule has 1 aromatic carbocycles. The van der Waals surface area contributed by atoms with Gasteiger partial charge >= 0.3 is 0 Å². The summed E-state index contributed by atoms with van der Waals surface area (Å²) in [5.74, 6) is -0.844. The van der Waals surface area contributed by atoms with Crippen LogP contribution in [0.5, 0.6) is 5.75 Å². The van der Waals surface area contributed by atoms with E-state index in [0.717, 1.165) is 0 Å². The van der Waals surface area contributed by atoms with Crippen molar-refractivity contribution in [3.05, 3.63) is 42.0 Å². The molecule has 0 aliphatic rings. The van der Waals surface area contributed by atoms with Gasteiger partial charge in [-0.25, -0.2) is 9.97 Å². The highest BCUT2D eigenvalue weighted by atomic mass is 16.5. The first-order valence-electron chi connectivity index (χ1n) is 6.75. The van der Waals surface area contributed by atoms with Crippen LogP contribution in [0.25, 0.3) is 22.2 Å². The van der Waals surface area contributed by atoms with Crippen molar-refractivity contribution in [1.29, 1.82) is 0 Å². The lowest BCUT2D eigenvalue weighted by Crippen LogP contribution is -2.14. The molecule has 0 radical (unpaired) electrons. The number of furan rings is 1. The van der Waals surface area contributed by atoms with E-state index in [0.29, 0.717) is 22.4 Å². The number of fused-ring (bicyclic) bond motifs is 1. The number of methoxy groups -OCH3 is 1. The second-order valence-electron chi connectivity index (χ2n) is 4.84. The predicted molar refractivity (Wildman–Crippen MR) is 82.3 cm³/mol. The van der Waals surface area contributed by atoms with Gasteiger partial charge in [0, 0.05) is 24.1 Å². The fraction of sp³-hybridized carbons (Fsp3) is 0.125. The Morgan fingerprint density at radius 2 is 2.04 bits per heavy atom. The number of carbonyl (C=O) groups excluding carboxylic acids is 2. The third kappa shape index (κ3) is 2.32. The molecule has 7 nitrogen and oxygen atoms in total. The topological polar surface area (TPSA) is 108 Å². The molecule has 23 heavy (non-hydrogen) atoms. The third-order valence-corrected chi connectivity index (χ3v) is 3.45. The average Bonchev–Trinajstić information content (AvgIpc) is 2.95. The van der Waals surface area contributed by atoms with Crippen molar-refractivity contribution < 1.29 is 18.7 Å². The molecule has 7 heteroatoms. The molecule has 3 aromatic rings. The van der Waals surface area contributed by atoms with Gasteiger partial charge in [-0.2, -0.15) is 0 Å². The lowest BCUT2D eigenvalue weighted by Gasteiger charge is -2.06. The Bertz CT molecular complexity index is 916. The molecule has 3 rings (SSSR count). The van der Waals surface area contributed by atoms with Crippen LogP contribution < -0.4 is 10.5 Å². The van der Waals surface area contributed by atoms with Gasteiger partial charge in [0.25, 0.3) is 5.91 Å². The lowest BCUT2D eigenvalue weighted by atomic mass is 10.0. The summed E-state index contributed by atoms with van der Waals surface area (Å²) < 4.78 is 10.8. The molecule has 0 bridgehead atoms. The van der Waals surface area contributed by atoms with Gasteiger partial charge < -0.3 is 14.9 Å². The summed E-state index contributed by atoms with van der Waals surface area (Å²) in [5, 5.41) is 0.403. The Hall–Kier alpha value is -3.22. The second kappa shape index (κ2) is 5.53. The number of hydrogen-bond acceptors (Lipinski definition) is 6. The number of hydrogen-bond donors (Lipinski definition) is 1. The Morgan fingerprint density at radius 1 is 1.26 bits per heavy atom. The number of nitrogens with two attached hydrogens (primary N) is 1. The van der Waals surface area contributed by atoms with Crippen LogP contribution in [0.3, 0.4) is 0 Å². The van der Waals surface area contributed by atoms with Crippen LogP contribution in [0, 0.1) is 0 Å². The minimum absolute atomic E-state index is 0.0278. The highest BCUT2D eigenvalue weighted by molar-refractivity contribution is 6.18. The average molecular weight is 311 g/mol. The highest BCUT2D eigenvalue weighted by Gasteiger charge is 2.26. The summed E-state index contributed by atoms with van der Waals surface area (Å²) in [6.45, 7) is 1.31. The molecule has 2 N–H and O–H groups in total. The minimum atomic E-state index is -0.752. The van der Waals surface area contributed by atoms with Gasteiger partial charge in [-0.15, -0.1) is 0 Å². The molecule has 0 atom stereocenters. The van der Waals surface area contributed by atoms with Crippen molar-refractivity contribution in [2.24, 2.45) is 5.73 Å².